The third-order valence-electron chi connectivity index (χ3n) is 3.16. The van der Waals surface area contributed by atoms with Gasteiger partial charge in [-0.05, 0) is 34.7 Å². The number of hydrogen-bond donors (Lipinski definition) is 2. The Hall–Kier alpha value is -1.20. The smallest absolute Gasteiger partial charge is 0.337 e. The topological polar surface area (TPSA) is 118 Å². The highest BCUT2D eigenvalue weighted by molar-refractivity contribution is 14.1. The first kappa shape index (κ1) is 16.2. The van der Waals surface area contributed by atoms with Crippen LogP contribution in [0.5, 0.6) is 0 Å². The maximum Gasteiger partial charge on any atom is 0.337 e. The summed E-state index contributed by atoms with van der Waals surface area (Å²) in [7, 11) is -3.67. The van der Waals surface area contributed by atoms with Crippen LogP contribution < -0.4 is 10.0 Å². The van der Waals surface area contributed by atoms with E-state index in [4.69, 9.17) is 5.14 Å². The summed E-state index contributed by atoms with van der Waals surface area (Å²) in [5.41, 5.74) is 0.332. The molecule has 1 atom stereocenters. The van der Waals surface area contributed by atoms with E-state index in [2.05, 4.69) is 0 Å². The zero-order chi connectivity index (χ0) is 15.8. The number of rotatable bonds is 4. The van der Waals surface area contributed by atoms with Crippen LogP contribution in [0.4, 0.5) is 5.69 Å². The number of carbonyl (C=O) groups is 2. The molecule has 1 amide bonds. The van der Waals surface area contributed by atoms with Gasteiger partial charge in [0.2, 0.25) is 15.9 Å². The molecular formula is C12H13IN2O5S. The Morgan fingerprint density at radius 2 is 2.14 bits per heavy atom. The van der Waals surface area contributed by atoms with Gasteiger partial charge in [0.25, 0.3) is 0 Å². The lowest BCUT2D eigenvalue weighted by Gasteiger charge is -2.20. The summed E-state index contributed by atoms with van der Waals surface area (Å²) >= 11 is 1.95. The third kappa shape index (κ3) is 3.71. The Morgan fingerprint density at radius 3 is 2.71 bits per heavy atom. The fourth-order valence-corrected chi connectivity index (χ4v) is 4.07. The van der Waals surface area contributed by atoms with E-state index in [1.165, 1.54) is 11.0 Å². The predicted molar refractivity (Wildman–Crippen MR) is 84.6 cm³/mol. The summed E-state index contributed by atoms with van der Waals surface area (Å²) in [6.45, 7) is 0.148. The number of sulfonamides is 1. The molecule has 1 aliphatic rings. The summed E-state index contributed by atoms with van der Waals surface area (Å²) in [6, 6.07) is 4.71. The van der Waals surface area contributed by atoms with Crippen LogP contribution in [0.2, 0.25) is 0 Å². The summed E-state index contributed by atoms with van der Waals surface area (Å²) in [5, 5.41) is 14.2. The van der Waals surface area contributed by atoms with Gasteiger partial charge in [-0.3, -0.25) is 4.79 Å². The van der Waals surface area contributed by atoms with Gasteiger partial charge in [0, 0.05) is 22.5 Å². The second kappa shape index (κ2) is 5.89. The largest absolute Gasteiger partial charge is 0.478 e. The van der Waals surface area contributed by atoms with Gasteiger partial charge >= 0.3 is 5.97 Å². The lowest BCUT2D eigenvalue weighted by Crippen LogP contribution is -2.29. The van der Waals surface area contributed by atoms with E-state index >= 15 is 0 Å². The number of aromatic carboxylic acids is 1. The van der Waals surface area contributed by atoms with E-state index in [1.807, 2.05) is 22.6 Å². The predicted octanol–water partition coefficient (Wildman–Crippen LogP) is 0.631. The maximum atomic E-state index is 12.1. The van der Waals surface area contributed by atoms with Crippen molar-refractivity contribution in [3.63, 3.8) is 0 Å². The number of halogens is 1. The van der Waals surface area contributed by atoms with Crippen LogP contribution in [0, 0.1) is 9.49 Å². The molecule has 0 saturated carbocycles. The van der Waals surface area contributed by atoms with Crippen LogP contribution in [-0.4, -0.2) is 37.7 Å². The van der Waals surface area contributed by atoms with E-state index in [1.54, 1.807) is 12.1 Å². The normalized spacial score (nSPS) is 19.0. The van der Waals surface area contributed by atoms with Gasteiger partial charge in [-0.25, -0.2) is 18.4 Å². The molecule has 114 valence electrons. The van der Waals surface area contributed by atoms with Crippen molar-refractivity contribution in [2.75, 3.05) is 17.2 Å². The minimum atomic E-state index is -3.67. The number of carbonyl (C=O) groups excluding carboxylic acids is 1. The van der Waals surface area contributed by atoms with Crippen LogP contribution in [0.3, 0.4) is 0 Å². The molecule has 0 aromatic heterocycles. The van der Waals surface area contributed by atoms with Crippen molar-refractivity contribution in [1.29, 1.82) is 0 Å². The number of nitrogens with two attached hydrogens (primary N) is 1. The zero-order valence-corrected chi connectivity index (χ0v) is 13.8. The first-order valence-corrected chi connectivity index (χ1v) is 8.81. The molecule has 9 heteroatoms. The van der Waals surface area contributed by atoms with Crippen LogP contribution in [0.25, 0.3) is 0 Å². The third-order valence-corrected chi connectivity index (χ3v) is 4.97. The molecule has 1 heterocycles. The second-order valence-electron chi connectivity index (χ2n) is 4.85. The number of benzene rings is 1. The van der Waals surface area contributed by atoms with Gasteiger partial charge in [-0.1, -0.05) is 6.07 Å². The lowest BCUT2D eigenvalue weighted by molar-refractivity contribution is -0.117. The van der Waals surface area contributed by atoms with Crippen molar-refractivity contribution in [2.24, 2.45) is 11.1 Å². The van der Waals surface area contributed by atoms with Crippen molar-refractivity contribution in [3.05, 3.63) is 27.3 Å². The molecule has 0 aliphatic carbocycles. The van der Waals surface area contributed by atoms with Gasteiger partial charge < -0.3 is 10.0 Å². The number of carboxylic acids is 1. The second-order valence-corrected chi connectivity index (χ2v) is 7.67. The Balaban J connectivity index is 2.36. The van der Waals surface area contributed by atoms with Crippen molar-refractivity contribution in [2.45, 2.75) is 6.42 Å². The highest BCUT2D eigenvalue weighted by atomic mass is 127. The number of anilines is 1. The van der Waals surface area contributed by atoms with Crippen LogP contribution >= 0.6 is 22.6 Å². The van der Waals surface area contributed by atoms with Crippen LogP contribution in [-0.2, 0) is 14.8 Å². The van der Waals surface area contributed by atoms with E-state index in [0.29, 0.717) is 9.26 Å². The fraction of sp³-hybridized carbons (Fsp3) is 0.333. The number of nitrogens with zero attached hydrogens (tertiary/aromatic N) is 1. The Kier molecular flexibility index (Phi) is 4.54. The van der Waals surface area contributed by atoms with Gasteiger partial charge in [-0.2, -0.15) is 0 Å². The number of carboxylic acid groups (broad SMARTS) is 1. The summed E-state index contributed by atoms with van der Waals surface area (Å²) in [6.07, 6.45) is 0.0421. The highest BCUT2D eigenvalue weighted by Crippen LogP contribution is 2.32. The summed E-state index contributed by atoms with van der Waals surface area (Å²) in [4.78, 5) is 24.7. The van der Waals surface area contributed by atoms with Crippen LogP contribution in [0.1, 0.15) is 16.8 Å². The van der Waals surface area contributed by atoms with Crippen molar-refractivity contribution >= 4 is 50.2 Å². The molecular weight excluding hydrogens is 411 g/mol. The minimum absolute atomic E-state index is 0.0199. The number of primary sulfonamides is 1. The molecule has 0 bridgehead atoms. The van der Waals surface area contributed by atoms with Gasteiger partial charge in [0.1, 0.15) is 0 Å². The average Bonchev–Trinajstić information content (AvgIpc) is 2.66. The molecule has 1 fully saturated rings. The molecule has 7 nitrogen and oxygen atoms in total. The fourth-order valence-electron chi connectivity index (χ4n) is 2.40. The van der Waals surface area contributed by atoms with E-state index in [0.717, 1.165) is 0 Å². The molecule has 1 aromatic rings. The number of hydrogen-bond acceptors (Lipinski definition) is 4. The van der Waals surface area contributed by atoms with Gasteiger partial charge in [-0.15, -0.1) is 0 Å². The molecule has 21 heavy (non-hydrogen) atoms. The van der Waals surface area contributed by atoms with E-state index in [9.17, 15) is 23.1 Å². The molecule has 2 rings (SSSR count). The highest BCUT2D eigenvalue weighted by Gasteiger charge is 2.35. The SMILES string of the molecule is NS(=O)(=O)CC1CC(=O)N(c2c(I)cccc2C(=O)O)C1. The summed E-state index contributed by atoms with van der Waals surface area (Å²) < 4.78 is 22.9. The standard InChI is InChI=1S/C12H13IN2O5S/c13-9-3-1-2-8(12(17)18)11(9)15-5-7(4-10(15)16)6-21(14,19)20/h1-3,7H,4-6H2,(H,17,18)(H2,14,19,20). The van der Waals surface area contributed by atoms with Gasteiger partial charge in [0.15, 0.2) is 0 Å². The molecule has 3 N–H and O–H groups in total. The Morgan fingerprint density at radius 1 is 1.48 bits per heavy atom. The maximum absolute atomic E-state index is 12.1. The lowest BCUT2D eigenvalue weighted by atomic mass is 10.1. The molecule has 1 aliphatic heterocycles. The van der Waals surface area contributed by atoms with E-state index < -0.39 is 21.9 Å². The monoisotopic (exact) mass is 424 g/mol. The quantitative estimate of drug-likeness (QED) is 0.688. The Bertz CT molecular complexity index is 704. The average molecular weight is 424 g/mol. The summed E-state index contributed by atoms with van der Waals surface area (Å²) in [5.74, 6) is -2.15. The number of para-hydroxylation sites is 1. The number of amides is 1. The van der Waals surface area contributed by atoms with Crippen molar-refractivity contribution in [3.8, 4) is 0 Å². The molecule has 0 radical (unpaired) electrons. The minimum Gasteiger partial charge on any atom is -0.478 e. The molecule has 1 aromatic carbocycles. The van der Waals surface area contributed by atoms with E-state index in [-0.39, 0.29) is 30.2 Å². The molecule has 1 unspecified atom stereocenters. The van der Waals surface area contributed by atoms with Crippen LogP contribution in [0.15, 0.2) is 18.2 Å². The van der Waals surface area contributed by atoms with Crippen molar-refractivity contribution in [1.82, 2.24) is 0 Å². The first-order valence-electron chi connectivity index (χ1n) is 6.01. The van der Waals surface area contributed by atoms with Crippen molar-refractivity contribution < 1.29 is 23.1 Å². The first-order chi connectivity index (χ1) is 9.69. The zero-order valence-electron chi connectivity index (χ0n) is 10.8. The van der Waals surface area contributed by atoms with Gasteiger partial charge in [0.05, 0.1) is 17.0 Å². The molecule has 0 spiro atoms. The molecule has 1 saturated heterocycles. The Labute approximate surface area is 135 Å².